The Hall–Kier alpha value is -1.44. The van der Waals surface area contributed by atoms with E-state index in [0.717, 1.165) is 30.6 Å². The van der Waals surface area contributed by atoms with E-state index in [2.05, 4.69) is 22.9 Å². The molecule has 0 bridgehead atoms. The number of ether oxygens (including phenoxy) is 1. The number of aryl methyl sites for hydroxylation is 1. The molecule has 0 saturated carbocycles. The highest BCUT2D eigenvalue weighted by Gasteiger charge is 2.23. The van der Waals surface area contributed by atoms with Crippen molar-refractivity contribution in [2.24, 2.45) is 0 Å². The van der Waals surface area contributed by atoms with Crippen LogP contribution >= 0.6 is 0 Å². The molecule has 2 rings (SSSR count). The zero-order valence-corrected chi connectivity index (χ0v) is 10.1. The van der Waals surface area contributed by atoms with Gasteiger partial charge in [0.25, 0.3) is 0 Å². The van der Waals surface area contributed by atoms with E-state index in [1.807, 2.05) is 12.3 Å². The number of pyridine rings is 1. The maximum atomic E-state index is 9.40. The Morgan fingerprint density at radius 1 is 1.53 bits per heavy atom. The predicted octanol–water partition coefficient (Wildman–Crippen LogP) is 1.54. The Balaban J connectivity index is 2.25. The standard InChI is InChI=1S/C13H17N3O/c1-2-11-10-15-4-3-12(11)13(9-14)16-5-7-17-8-6-16/h3-4,10,13H,2,5-8H2,1H3. The number of hydrogen-bond acceptors (Lipinski definition) is 4. The summed E-state index contributed by atoms with van der Waals surface area (Å²) in [6.07, 6.45) is 4.53. The van der Waals surface area contributed by atoms with Gasteiger partial charge in [0, 0.05) is 25.5 Å². The van der Waals surface area contributed by atoms with Gasteiger partial charge in [-0.25, -0.2) is 0 Å². The first-order valence-electron chi connectivity index (χ1n) is 6.01. The molecule has 1 fully saturated rings. The number of nitriles is 1. The molecule has 0 aromatic carbocycles. The second-order valence-corrected chi connectivity index (χ2v) is 4.11. The van der Waals surface area contributed by atoms with E-state index in [-0.39, 0.29) is 6.04 Å². The highest BCUT2D eigenvalue weighted by molar-refractivity contribution is 5.30. The Bertz CT molecular complexity index is 407. The molecule has 4 nitrogen and oxygen atoms in total. The van der Waals surface area contributed by atoms with Crippen LogP contribution in [0.25, 0.3) is 0 Å². The van der Waals surface area contributed by atoms with Crippen LogP contribution in [-0.4, -0.2) is 36.2 Å². The van der Waals surface area contributed by atoms with Gasteiger partial charge in [0.05, 0.1) is 19.3 Å². The van der Waals surface area contributed by atoms with Gasteiger partial charge in [-0.2, -0.15) is 5.26 Å². The molecule has 0 N–H and O–H groups in total. The van der Waals surface area contributed by atoms with Gasteiger partial charge in [-0.3, -0.25) is 9.88 Å². The van der Waals surface area contributed by atoms with E-state index in [1.54, 1.807) is 6.20 Å². The molecule has 1 aliphatic heterocycles. The second-order valence-electron chi connectivity index (χ2n) is 4.11. The second kappa shape index (κ2) is 5.76. The van der Waals surface area contributed by atoms with Crippen LogP contribution in [-0.2, 0) is 11.2 Å². The van der Waals surface area contributed by atoms with Crippen molar-refractivity contribution in [3.8, 4) is 6.07 Å². The van der Waals surface area contributed by atoms with Crippen molar-refractivity contribution in [3.05, 3.63) is 29.6 Å². The Labute approximate surface area is 102 Å². The minimum absolute atomic E-state index is 0.170. The third kappa shape index (κ3) is 2.63. The predicted molar refractivity (Wildman–Crippen MR) is 64.4 cm³/mol. The maximum absolute atomic E-state index is 9.40. The first kappa shape index (κ1) is 12.0. The zero-order valence-electron chi connectivity index (χ0n) is 10.1. The largest absolute Gasteiger partial charge is 0.379 e. The SMILES string of the molecule is CCc1cnccc1C(C#N)N1CCOCC1. The van der Waals surface area contributed by atoms with Crippen LogP contribution in [0.4, 0.5) is 0 Å². The van der Waals surface area contributed by atoms with E-state index in [0.29, 0.717) is 13.2 Å². The van der Waals surface area contributed by atoms with Gasteiger partial charge in [0.15, 0.2) is 0 Å². The van der Waals surface area contributed by atoms with Crippen LogP contribution in [0.3, 0.4) is 0 Å². The van der Waals surface area contributed by atoms with E-state index in [4.69, 9.17) is 4.74 Å². The van der Waals surface area contributed by atoms with E-state index >= 15 is 0 Å². The average molecular weight is 231 g/mol. The number of rotatable bonds is 3. The van der Waals surface area contributed by atoms with Crippen LogP contribution in [0.5, 0.6) is 0 Å². The molecule has 0 aliphatic carbocycles. The minimum atomic E-state index is -0.170. The summed E-state index contributed by atoms with van der Waals surface area (Å²) in [6.45, 7) is 5.16. The number of nitrogens with zero attached hydrogens (tertiary/aromatic N) is 3. The molecule has 0 radical (unpaired) electrons. The normalized spacial score (nSPS) is 18.6. The first-order chi connectivity index (χ1) is 8.36. The van der Waals surface area contributed by atoms with Gasteiger partial charge in [0.1, 0.15) is 6.04 Å². The summed E-state index contributed by atoms with van der Waals surface area (Å²) in [4.78, 5) is 6.30. The topological polar surface area (TPSA) is 49.2 Å². The van der Waals surface area contributed by atoms with Crippen LogP contribution in [0, 0.1) is 11.3 Å². The fraction of sp³-hybridized carbons (Fsp3) is 0.538. The van der Waals surface area contributed by atoms with E-state index in [9.17, 15) is 5.26 Å². The van der Waals surface area contributed by atoms with Gasteiger partial charge < -0.3 is 4.74 Å². The monoisotopic (exact) mass is 231 g/mol. The highest BCUT2D eigenvalue weighted by Crippen LogP contribution is 2.24. The minimum Gasteiger partial charge on any atom is -0.379 e. The Kier molecular flexibility index (Phi) is 4.08. The maximum Gasteiger partial charge on any atom is 0.124 e. The molecular weight excluding hydrogens is 214 g/mol. The van der Waals surface area contributed by atoms with Crippen molar-refractivity contribution in [3.63, 3.8) is 0 Å². The molecule has 0 spiro atoms. The summed E-state index contributed by atoms with van der Waals surface area (Å²) >= 11 is 0. The molecular formula is C13H17N3O. The molecule has 1 aromatic rings. The van der Waals surface area contributed by atoms with Crippen molar-refractivity contribution in [1.82, 2.24) is 9.88 Å². The molecule has 1 aliphatic rings. The summed E-state index contributed by atoms with van der Waals surface area (Å²) in [7, 11) is 0. The van der Waals surface area contributed by atoms with E-state index in [1.165, 1.54) is 0 Å². The van der Waals surface area contributed by atoms with Crippen molar-refractivity contribution < 1.29 is 4.74 Å². The molecule has 1 saturated heterocycles. The lowest BCUT2D eigenvalue weighted by atomic mass is 10.0. The average Bonchev–Trinajstić information content (AvgIpc) is 2.41. The van der Waals surface area contributed by atoms with Crippen LogP contribution in [0.15, 0.2) is 18.5 Å². The third-order valence-corrected chi connectivity index (χ3v) is 3.15. The summed E-state index contributed by atoms with van der Waals surface area (Å²) in [6, 6.07) is 4.20. The van der Waals surface area contributed by atoms with Crippen molar-refractivity contribution in [1.29, 1.82) is 5.26 Å². The van der Waals surface area contributed by atoms with Gasteiger partial charge in [0.2, 0.25) is 0 Å². The highest BCUT2D eigenvalue weighted by atomic mass is 16.5. The number of hydrogen-bond donors (Lipinski definition) is 0. The van der Waals surface area contributed by atoms with Crippen LogP contribution < -0.4 is 0 Å². The van der Waals surface area contributed by atoms with Gasteiger partial charge in [-0.15, -0.1) is 0 Å². The Morgan fingerprint density at radius 3 is 2.94 bits per heavy atom. The molecule has 2 heterocycles. The lowest BCUT2D eigenvalue weighted by Gasteiger charge is -2.31. The summed E-state index contributed by atoms with van der Waals surface area (Å²) < 4.78 is 5.32. The lowest BCUT2D eigenvalue weighted by molar-refractivity contribution is 0.0265. The van der Waals surface area contributed by atoms with E-state index < -0.39 is 0 Å². The molecule has 4 heteroatoms. The van der Waals surface area contributed by atoms with Crippen molar-refractivity contribution >= 4 is 0 Å². The fourth-order valence-corrected chi connectivity index (χ4v) is 2.18. The fourth-order valence-electron chi connectivity index (χ4n) is 2.18. The summed E-state index contributed by atoms with van der Waals surface area (Å²) in [5.74, 6) is 0. The summed E-state index contributed by atoms with van der Waals surface area (Å²) in [5, 5.41) is 9.40. The van der Waals surface area contributed by atoms with Crippen molar-refractivity contribution in [2.45, 2.75) is 19.4 Å². The van der Waals surface area contributed by atoms with Gasteiger partial charge >= 0.3 is 0 Å². The first-order valence-corrected chi connectivity index (χ1v) is 6.01. The molecule has 0 amide bonds. The van der Waals surface area contributed by atoms with Gasteiger partial charge in [-0.1, -0.05) is 6.92 Å². The summed E-state index contributed by atoms with van der Waals surface area (Å²) in [5.41, 5.74) is 2.25. The van der Waals surface area contributed by atoms with Crippen LogP contribution in [0.2, 0.25) is 0 Å². The molecule has 1 atom stereocenters. The van der Waals surface area contributed by atoms with Crippen LogP contribution in [0.1, 0.15) is 24.1 Å². The Morgan fingerprint density at radius 2 is 2.29 bits per heavy atom. The zero-order chi connectivity index (χ0) is 12.1. The molecule has 17 heavy (non-hydrogen) atoms. The molecule has 90 valence electrons. The lowest BCUT2D eigenvalue weighted by Crippen LogP contribution is -2.38. The molecule has 1 aromatic heterocycles. The van der Waals surface area contributed by atoms with Crippen molar-refractivity contribution in [2.75, 3.05) is 26.3 Å². The number of aromatic nitrogens is 1. The quantitative estimate of drug-likeness (QED) is 0.791. The third-order valence-electron chi connectivity index (χ3n) is 3.15. The smallest absolute Gasteiger partial charge is 0.124 e. The van der Waals surface area contributed by atoms with Gasteiger partial charge in [-0.05, 0) is 23.6 Å². The molecule has 1 unspecified atom stereocenters. The number of morpholine rings is 1.